The van der Waals surface area contributed by atoms with Gasteiger partial charge in [0.1, 0.15) is 23.5 Å². The summed E-state index contributed by atoms with van der Waals surface area (Å²) in [6, 6.07) is 10.8. The van der Waals surface area contributed by atoms with Crippen LogP contribution in [-0.2, 0) is 0 Å². The van der Waals surface area contributed by atoms with Crippen LogP contribution < -0.4 is 16.0 Å². The number of anilines is 2. The third-order valence-corrected chi connectivity index (χ3v) is 5.93. The number of nitrogens with zero attached hydrogens (tertiary/aromatic N) is 4. The van der Waals surface area contributed by atoms with Gasteiger partial charge in [0.05, 0.1) is 12.2 Å². The molecule has 4 N–H and O–H groups in total. The van der Waals surface area contributed by atoms with Gasteiger partial charge in [-0.3, -0.25) is 9.89 Å². The van der Waals surface area contributed by atoms with Crippen molar-refractivity contribution in [3.05, 3.63) is 65.8 Å². The molecule has 0 bridgehead atoms. The van der Waals surface area contributed by atoms with Gasteiger partial charge >= 0.3 is 0 Å². The van der Waals surface area contributed by atoms with Crippen molar-refractivity contribution in [3.63, 3.8) is 0 Å². The fourth-order valence-corrected chi connectivity index (χ4v) is 3.79. The second kappa shape index (κ2) is 10.2. The number of aromatic amines is 1. The smallest absolute Gasteiger partial charge is 0.281 e. The summed E-state index contributed by atoms with van der Waals surface area (Å²) < 4.78 is 32.9. The maximum atomic E-state index is 13.7. The molecule has 1 aliphatic carbocycles. The summed E-state index contributed by atoms with van der Waals surface area (Å²) in [5.74, 6) is 5.91. The van der Waals surface area contributed by atoms with Crippen molar-refractivity contribution >= 4 is 17.4 Å². The standard InChI is InChI=1S/C26H23F2N7O2/c1-35(18-8-9-18)20-13-17(10-12-30-20)26-31-19(14-37-26)25(36)32-22-21(33-34-23(22)24(27)28)16-6-4-15(5-7-16)3-2-11-29/h4-7,10,12-14,18,24H,8-9,11,29H2,1H3,(H,32,36)(H,33,34). The van der Waals surface area contributed by atoms with Gasteiger partial charge in [0, 0.05) is 36.0 Å². The number of oxazole rings is 1. The van der Waals surface area contributed by atoms with Crippen molar-refractivity contribution in [2.24, 2.45) is 5.73 Å². The minimum absolute atomic E-state index is 0.0660. The van der Waals surface area contributed by atoms with E-state index in [0.717, 1.165) is 18.7 Å². The van der Waals surface area contributed by atoms with Crippen molar-refractivity contribution in [2.75, 3.05) is 23.8 Å². The summed E-state index contributed by atoms with van der Waals surface area (Å²) in [6.45, 7) is 0.221. The van der Waals surface area contributed by atoms with E-state index in [1.165, 1.54) is 6.26 Å². The molecule has 188 valence electrons. The van der Waals surface area contributed by atoms with Crippen molar-refractivity contribution in [1.29, 1.82) is 0 Å². The van der Waals surface area contributed by atoms with E-state index in [4.69, 9.17) is 10.2 Å². The van der Waals surface area contributed by atoms with Crippen molar-refractivity contribution in [1.82, 2.24) is 20.2 Å². The Hall–Kier alpha value is -4.56. The Bertz CT molecular complexity index is 1480. The average molecular weight is 504 g/mol. The van der Waals surface area contributed by atoms with Gasteiger partial charge in [-0.1, -0.05) is 24.0 Å². The molecule has 1 fully saturated rings. The zero-order valence-electron chi connectivity index (χ0n) is 19.8. The third-order valence-electron chi connectivity index (χ3n) is 5.93. The lowest BCUT2D eigenvalue weighted by atomic mass is 10.1. The quantitative estimate of drug-likeness (QED) is 0.322. The number of amides is 1. The first-order valence-electron chi connectivity index (χ1n) is 11.6. The first-order chi connectivity index (χ1) is 17.9. The fourth-order valence-electron chi connectivity index (χ4n) is 3.79. The molecule has 1 amide bonds. The molecular weight excluding hydrogens is 480 g/mol. The summed E-state index contributed by atoms with van der Waals surface area (Å²) in [5.41, 5.74) is 6.71. The summed E-state index contributed by atoms with van der Waals surface area (Å²) in [4.78, 5) is 23.7. The Morgan fingerprint density at radius 3 is 2.76 bits per heavy atom. The Balaban J connectivity index is 1.39. The minimum Gasteiger partial charge on any atom is -0.444 e. The SMILES string of the molecule is CN(c1cc(-c2nc(C(=O)Nc3c(-c4ccc(C#CCN)cc4)n[nH]c3C(F)F)co2)ccn1)C1CC1. The molecule has 37 heavy (non-hydrogen) atoms. The number of pyridine rings is 1. The summed E-state index contributed by atoms with van der Waals surface area (Å²) >= 11 is 0. The van der Waals surface area contributed by atoms with E-state index in [1.54, 1.807) is 36.5 Å². The van der Waals surface area contributed by atoms with Crippen LogP contribution in [0.5, 0.6) is 0 Å². The van der Waals surface area contributed by atoms with Crippen molar-refractivity contribution < 1.29 is 18.0 Å². The molecule has 0 spiro atoms. The number of carbonyl (C=O) groups is 1. The zero-order valence-corrected chi connectivity index (χ0v) is 19.8. The lowest BCUT2D eigenvalue weighted by Crippen LogP contribution is -2.20. The predicted molar refractivity (Wildman–Crippen MR) is 134 cm³/mol. The lowest BCUT2D eigenvalue weighted by Gasteiger charge is -2.17. The molecule has 1 aromatic carbocycles. The summed E-state index contributed by atoms with van der Waals surface area (Å²) in [5, 5.41) is 8.86. The molecule has 0 radical (unpaired) electrons. The number of hydrogen-bond donors (Lipinski definition) is 3. The van der Waals surface area contributed by atoms with E-state index in [9.17, 15) is 13.6 Å². The highest BCUT2D eigenvalue weighted by atomic mass is 19.3. The largest absolute Gasteiger partial charge is 0.444 e. The normalized spacial score (nSPS) is 12.8. The molecule has 4 aromatic rings. The Kier molecular flexibility index (Phi) is 6.66. The summed E-state index contributed by atoms with van der Waals surface area (Å²) in [7, 11) is 1.97. The van der Waals surface area contributed by atoms with Gasteiger partial charge in [-0.05, 0) is 37.1 Å². The van der Waals surface area contributed by atoms with Crippen LogP contribution in [0.3, 0.4) is 0 Å². The highest BCUT2D eigenvalue weighted by Crippen LogP contribution is 2.35. The van der Waals surface area contributed by atoms with E-state index in [0.29, 0.717) is 22.7 Å². The van der Waals surface area contributed by atoms with Crippen molar-refractivity contribution in [3.8, 4) is 34.6 Å². The van der Waals surface area contributed by atoms with Crippen LogP contribution in [0.4, 0.5) is 20.3 Å². The van der Waals surface area contributed by atoms with Crippen LogP contribution >= 0.6 is 0 Å². The minimum atomic E-state index is -2.89. The average Bonchev–Trinajstić information content (AvgIpc) is 3.48. The van der Waals surface area contributed by atoms with Gasteiger partial charge in [-0.25, -0.2) is 18.7 Å². The molecule has 0 unspecified atom stereocenters. The van der Waals surface area contributed by atoms with Crippen LogP contribution in [0.25, 0.3) is 22.7 Å². The number of H-pyrrole nitrogens is 1. The van der Waals surface area contributed by atoms with Gasteiger partial charge in [0.25, 0.3) is 12.3 Å². The number of halogens is 2. The highest BCUT2D eigenvalue weighted by molar-refractivity contribution is 6.05. The van der Waals surface area contributed by atoms with Gasteiger partial charge in [0.15, 0.2) is 5.69 Å². The van der Waals surface area contributed by atoms with Crippen LogP contribution in [-0.4, -0.2) is 45.7 Å². The Labute approximate surface area is 211 Å². The number of aromatic nitrogens is 4. The number of rotatable bonds is 7. The fraction of sp³-hybridized carbons (Fsp3) is 0.231. The number of nitrogens with one attached hydrogen (secondary N) is 2. The molecule has 3 heterocycles. The number of nitrogens with two attached hydrogens (primary N) is 1. The summed E-state index contributed by atoms with van der Waals surface area (Å²) in [6.07, 6.45) is 2.18. The maximum Gasteiger partial charge on any atom is 0.281 e. The van der Waals surface area contributed by atoms with E-state index < -0.39 is 18.0 Å². The van der Waals surface area contributed by atoms with Crippen LogP contribution in [0.15, 0.2) is 53.3 Å². The molecule has 3 aromatic heterocycles. The number of alkyl halides is 2. The third kappa shape index (κ3) is 5.19. The predicted octanol–water partition coefficient (Wildman–Crippen LogP) is 4.23. The maximum absolute atomic E-state index is 13.7. The molecule has 11 heteroatoms. The molecule has 9 nitrogen and oxygen atoms in total. The second-order valence-corrected chi connectivity index (χ2v) is 8.48. The number of benzene rings is 1. The lowest BCUT2D eigenvalue weighted by molar-refractivity contribution is 0.102. The molecule has 0 atom stereocenters. The Morgan fingerprint density at radius 2 is 2.05 bits per heavy atom. The van der Waals surface area contributed by atoms with Gasteiger partial charge in [-0.2, -0.15) is 5.10 Å². The molecular formula is C26H23F2N7O2. The van der Waals surface area contributed by atoms with E-state index in [2.05, 4.69) is 42.2 Å². The molecule has 1 aliphatic rings. The zero-order chi connectivity index (χ0) is 25.9. The van der Waals surface area contributed by atoms with Crippen LogP contribution in [0, 0.1) is 11.8 Å². The molecule has 1 saturated carbocycles. The number of hydrogen-bond acceptors (Lipinski definition) is 7. The van der Waals surface area contributed by atoms with Crippen LogP contribution in [0.2, 0.25) is 0 Å². The van der Waals surface area contributed by atoms with E-state index in [-0.39, 0.29) is 29.5 Å². The topological polar surface area (TPSA) is 126 Å². The number of carbonyl (C=O) groups excluding carboxylic acids is 1. The Morgan fingerprint density at radius 1 is 1.27 bits per heavy atom. The van der Waals surface area contributed by atoms with Gasteiger partial charge in [-0.15, -0.1) is 0 Å². The molecule has 0 saturated heterocycles. The first-order valence-corrected chi connectivity index (χ1v) is 11.6. The monoisotopic (exact) mass is 503 g/mol. The van der Waals surface area contributed by atoms with E-state index >= 15 is 0 Å². The second-order valence-electron chi connectivity index (χ2n) is 8.48. The van der Waals surface area contributed by atoms with Crippen molar-refractivity contribution in [2.45, 2.75) is 25.3 Å². The van der Waals surface area contributed by atoms with Gasteiger partial charge in [0.2, 0.25) is 5.89 Å². The van der Waals surface area contributed by atoms with Gasteiger partial charge < -0.3 is 20.4 Å². The molecule has 0 aliphatic heterocycles. The highest BCUT2D eigenvalue weighted by Gasteiger charge is 2.28. The van der Waals surface area contributed by atoms with E-state index in [1.807, 2.05) is 13.1 Å². The first kappa shape index (κ1) is 24.1. The van der Waals surface area contributed by atoms with Crippen LogP contribution in [0.1, 0.15) is 41.0 Å². The molecule has 5 rings (SSSR count).